The van der Waals surface area contributed by atoms with Gasteiger partial charge in [0, 0.05) is 29.8 Å². The molecular weight excluding hydrogens is 244 g/mol. The molecule has 18 heavy (non-hydrogen) atoms. The third kappa shape index (κ3) is 2.99. The van der Waals surface area contributed by atoms with E-state index in [1.165, 1.54) is 11.3 Å². The summed E-state index contributed by atoms with van der Waals surface area (Å²) in [4.78, 5) is 2.46. The third-order valence-electron chi connectivity index (χ3n) is 3.92. The van der Waals surface area contributed by atoms with Crippen molar-refractivity contribution in [2.75, 3.05) is 18.0 Å². The van der Waals surface area contributed by atoms with Crippen molar-refractivity contribution in [2.24, 2.45) is 17.6 Å². The van der Waals surface area contributed by atoms with E-state index in [2.05, 4.69) is 30.9 Å². The molecule has 2 rings (SSSR count). The maximum Gasteiger partial charge on any atom is 0.0426 e. The van der Waals surface area contributed by atoms with E-state index in [1.807, 2.05) is 13.0 Å². The molecule has 0 aliphatic carbocycles. The molecule has 2 nitrogen and oxygen atoms in total. The standard InChI is InChI=1S/C15H23ClN2/c1-10-8-18(9-11(10)2)15-7-14(16)5-4-13(15)6-12(3)17/h4-5,7,10-12H,6,8-9,17H2,1-3H3. The van der Waals surface area contributed by atoms with Crippen molar-refractivity contribution in [1.29, 1.82) is 0 Å². The number of rotatable bonds is 3. The second kappa shape index (κ2) is 5.50. The second-order valence-electron chi connectivity index (χ2n) is 5.81. The summed E-state index contributed by atoms with van der Waals surface area (Å²) in [6.07, 6.45) is 0.908. The van der Waals surface area contributed by atoms with Gasteiger partial charge in [-0.3, -0.25) is 0 Å². The molecule has 0 bridgehead atoms. The van der Waals surface area contributed by atoms with Crippen molar-refractivity contribution in [3.63, 3.8) is 0 Å². The van der Waals surface area contributed by atoms with Crippen LogP contribution in [0.3, 0.4) is 0 Å². The lowest BCUT2D eigenvalue weighted by atomic mass is 10.0. The van der Waals surface area contributed by atoms with Gasteiger partial charge in [-0.25, -0.2) is 0 Å². The first-order valence-electron chi connectivity index (χ1n) is 6.76. The summed E-state index contributed by atoms with van der Waals surface area (Å²) in [5, 5.41) is 0.811. The highest BCUT2D eigenvalue weighted by Gasteiger charge is 2.27. The van der Waals surface area contributed by atoms with E-state index in [4.69, 9.17) is 17.3 Å². The summed E-state index contributed by atoms with van der Waals surface area (Å²) in [7, 11) is 0. The molecule has 0 saturated carbocycles. The fraction of sp³-hybridized carbons (Fsp3) is 0.600. The predicted molar refractivity (Wildman–Crippen MR) is 79.3 cm³/mol. The molecule has 100 valence electrons. The zero-order valence-electron chi connectivity index (χ0n) is 11.5. The van der Waals surface area contributed by atoms with Crippen LogP contribution in [0.5, 0.6) is 0 Å². The molecular formula is C15H23ClN2. The fourth-order valence-corrected chi connectivity index (χ4v) is 2.84. The first-order valence-corrected chi connectivity index (χ1v) is 7.14. The molecule has 1 aromatic carbocycles. The molecule has 0 radical (unpaired) electrons. The molecule has 1 aliphatic rings. The average molecular weight is 267 g/mol. The first kappa shape index (κ1) is 13.7. The van der Waals surface area contributed by atoms with Gasteiger partial charge in [0.05, 0.1) is 0 Å². The normalized spacial score (nSPS) is 25.5. The number of nitrogens with zero attached hydrogens (tertiary/aromatic N) is 1. The van der Waals surface area contributed by atoms with Crippen LogP contribution in [-0.2, 0) is 6.42 Å². The van der Waals surface area contributed by atoms with E-state index in [1.54, 1.807) is 0 Å². The van der Waals surface area contributed by atoms with Gasteiger partial charge in [-0.1, -0.05) is 31.5 Å². The Bertz CT molecular complexity index is 407. The first-order chi connectivity index (χ1) is 8.47. The Morgan fingerprint density at radius 1 is 1.33 bits per heavy atom. The molecule has 1 aliphatic heterocycles. The number of nitrogens with two attached hydrogens (primary N) is 1. The Morgan fingerprint density at radius 2 is 1.94 bits per heavy atom. The zero-order valence-corrected chi connectivity index (χ0v) is 12.2. The highest BCUT2D eigenvalue weighted by atomic mass is 35.5. The summed E-state index contributed by atoms with van der Waals surface area (Å²) in [6, 6.07) is 6.35. The third-order valence-corrected chi connectivity index (χ3v) is 4.15. The summed E-state index contributed by atoms with van der Waals surface area (Å²) < 4.78 is 0. The van der Waals surface area contributed by atoms with Gasteiger partial charge in [0.25, 0.3) is 0 Å². The molecule has 0 spiro atoms. The van der Waals surface area contributed by atoms with Gasteiger partial charge in [0.1, 0.15) is 0 Å². The van der Waals surface area contributed by atoms with Gasteiger partial charge in [-0.2, -0.15) is 0 Å². The van der Waals surface area contributed by atoms with Gasteiger partial charge < -0.3 is 10.6 Å². The molecule has 1 heterocycles. The van der Waals surface area contributed by atoms with Crippen LogP contribution >= 0.6 is 11.6 Å². The summed E-state index contributed by atoms with van der Waals surface area (Å²) in [5.41, 5.74) is 8.52. The molecule has 2 N–H and O–H groups in total. The van der Waals surface area contributed by atoms with E-state index in [-0.39, 0.29) is 6.04 Å². The quantitative estimate of drug-likeness (QED) is 0.909. The number of hydrogen-bond acceptors (Lipinski definition) is 2. The van der Waals surface area contributed by atoms with Crippen molar-refractivity contribution < 1.29 is 0 Å². The minimum Gasteiger partial charge on any atom is -0.371 e. The van der Waals surface area contributed by atoms with Crippen molar-refractivity contribution >= 4 is 17.3 Å². The monoisotopic (exact) mass is 266 g/mol. The van der Waals surface area contributed by atoms with Gasteiger partial charge in [-0.15, -0.1) is 0 Å². The van der Waals surface area contributed by atoms with Crippen molar-refractivity contribution in [3.8, 4) is 0 Å². The fourth-order valence-electron chi connectivity index (χ4n) is 2.68. The Labute approximate surface area is 115 Å². The predicted octanol–water partition coefficient (Wildman–Crippen LogP) is 3.32. The highest BCUT2D eigenvalue weighted by molar-refractivity contribution is 6.30. The largest absolute Gasteiger partial charge is 0.371 e. The van der Waals surface area contributed by atoms with Crippen molar-refractivity contribution in [2.45, 2.75) is 33.2 Å². The zero-order chi connectivity index (χ0) is 13.3. The maximum absolute atomic E-state index is 6.15. The molecule has 3 heteroatoms. The minimum atomic E-state index is 0.183. The SMILES string of the molecule is CC(N)Cc1ccc(Cl)cc1N1CC(C)C(C)C1. The molecule has 3 unspecified atom stereocenters. The Kier molecular flexibility index (Phi) is 4.18. The van der Waals surface area contributed by atoms with E-state index in [0.29, 0.717) is 0 Å². The van der Waals surface area contributed by atoms with Crippen LogP contribution in [-0.4, -0.2) is 19.1 Å². The lowest BCUT2D eigenvalue weighted by molar-refractivity contribution is 0.494. The number of anilines is 1. The number of hydrogen-bond donors (Lipinski definition) is 1. The Hall–Kier alpha value is -0.730. The van der Waals surface area contributed by atoms with E-state index < -0.39 is 0 Å². The molecule has 1 saturated heterocycles. The van der Waals surface area contributed by atoms with E-state index in [0.717, 1.165) is 36.4 Å². The summed E-state index contributed by atoms with van der Waals surface area (Å²) in [6.45, 7) is 8.93. The smallest absolute Gasteiger partial charge is 0.0426 e. The Balaban J connectivity index is 2.27. The van der Waals surface area contributed by atoms with E-state index in [9.17, 15) is 0 Å². The van der Waals surface area contributed by atoms with Crippen LogP contribution in [0.2, 0.25) is 5.02 Å². The van der Waals surface area contributed by atoms with Gasteiger partial charge >= 0.3 is 0 Å². The summed E-state index contributed by atoms with van der Waals surface area (Å²) >= 11 is 6.15. The second-order valence-corrected chi connectivity index (χ2v) is 6.25. The average Bonchev–Trinajstić information content (AvgIpc) is 2.61. The van der Waals surface area contributed by atoms with Crippen LogP contribution in [0.1, 0.15) is 26.3 Å². The minimum absolute atomic E-state index is 0.183. The lowest BCUT2D eigenvalue weighted by Gasteiger charge is -2.23. The number of benzene rings is 1. The van der Waals surface area contributed by atoms with Gasteiger partial charge in [0.15, 0.2) is 0 Å². The molecule has 1 fully saturated rings. The van der Waals surface area contributed by atoms with Gasteiger partial charge in [0.2, 0.25) is 0 Å². The summed E-state index contributed by atoms with van der Waals surface area (Å²) in [5.74, 6) is 1.49. The Morgan fingerprint density at radius 3 is 2.50 bits per heavy atom. The van der Waals surface area contributed by atoms with E-state index >= 15 is 0 Å². The maximum atomic E-state index is 6.15. The van der Waals surface area contributed by atoms with Crippen LogP contribution in [0, 0.1) is 11.8 Å². The molecule has 0 amide bonds. The molecule has 0 aromatic heterocycles. The topological polar surface area (TPSA) is 29.3 Å². The molecule has 1 aromatic rings. The van der Waals surface area contributed by atoms with Crippen molar-refractivity contribution in [1.82, 2.24) is 0 Å². The van der Waals surface area contributed by atoms with Crippen LogP contribution < -0.4 is 10.6 Å². The lowest BCUT2D eigenvalue weighted by Crippen LogP contribution is -2.24. The highest BCUT2D eigenvalue weighted by Crippen LogP contribution is 2.32. The van der Waals surface area contributed by atoms with Gasteiger partial charge in [-0.05, 0) is 42.9 Å². The number of halogens is 1. The van der Waals surface area contributed by atoms with Crippen molar-refractivity contribution in [3.05, 3.63) is 28.8 Å². The van der Waals surface area contributed by atoms with Crippen LogP contribution in [0.25, 0.3) is 0 Å². The van der Waals surface area contributed by atoms with Crippen LogP contribution in [0.4, 0.5) is 5.69 Å². The molecule has 3 atom stereocenters. The van der Waals surface area contributed by atoms with Crippen LogP contribution in [0.15, 0.2) is 18.2 Å².